The summed E-state index contributed by atoms with van der Waals surface area (Å²) in [6, 6.07) is 23.7. The molecule has 30 heavy (non-hydrogen) atoms. The molecule has 5 nitrogen and oxygen atoms in total. The lowest BCUT2D eigenvalue weighted by atomic mass is 10.2. The van der Waals surface area contributed by atoms with Crippen LogP contribution in [0.2, 0.25) is 5.02 Å². The third-order valence-electron chi connectivity index (χ3n) is 4.72. The fourth-order valence-corrected chi connectivity index (χ4v) is 4.21. The van der Waals surface area contributed by atoms with Crippen molar-refractivity contribution in [3.05, 3.63) is 95.5 Å². The summed E-state index contributed by atoms with van der Waals surface area (Å²) in [7, 11) is 0. The van der Waals surface area contributed by atoms with Gasteiger partial charge in [0.15, 0.2) is 11.0 Å². The molecule has 3 heterocycles. The predicted molar refractivity (Wildman–Crippen MR) is 120 cm³/mol. The number of furan rings is 1. The van der Waals surface area contributed by atoms with Crippen molar-refractivity contribution in [1.29, 1.82) is 0 Å². The molecule has 0 amide bonds. The van der Waals surface area contributed by atoms with Gasteiger partial charge in [0.1, 0.15) is 5.76 Å². The second kappa shape index (κ2) is 8.34. The minimum Gasteiger partial charge on any atom is -0.467 e. The average Bonchev–Trinajstić information content (AvgIpc) is 3.43. The molecule has 0 bridgehead atoms. The predicted octanol–water partition coefficient (Wildman–Crippen LogP) is 6.08. The van der Waals surface area contributed by atoms with Crippen LogP contribution in [-0.2, 0) is 12.3 Å². The van der Waals surface area contributed by atoms with Crippen LogP contribution in [0.15, 0.2) is 88.6 Å². The smallest absolute Gasteiger partial charge is 0.192 e. The molecule has 0 spiro atoms. The van der Waals surface area contributed by atoms with E-state index in [1.807, 2.05) is 54.6 Å². The van der Waals surface area contributed by atoms with Crippen LogP contribution in [0.1, 0.15) is 11.5 Å². The van der Waals surface area contributed by atoms with Crippen LogP contribution in [0, 0.1) is 0 Å². The molecule has 0 aliphatic carbocycles. The van der Waals surface area contributed by atoms with Crippen LogP contribution >= 0.6 is 23.4 Å². The quantitative estimate of drug-likeness (QED) is 0.304. The van der Waals surface area contributed by atoms with Gasteiger partial charge in [0, 0.05) is 21.7 Å². The van der Waals surface area contributed by atoms with Gasteiger partial charge in [-0.3, -0.25) is 9.55 Å². The number of nitrogens with zero attached hydrogens (tertiary/aromatic N) is 4. The first-order chi connectivity index (χ1) is 14.8. The second-order valence-electron chi connectivity index (χ2n) is 6.76. The van der Waals surface area contributed by atoms with Gasteiger partial charge in [-0.15, -0.1) is 10.2 Å². The maximum atomic E-state index is 6.05. The SMILES string of the molecule is Clc1ccc(-c2nnc(SCc3ccc4ccccc4n3)n2Cc2ccco2)cc1. The summed E-state index contributed by atoms with van der Waals surface area (Å²) in [6.07, 6.45) is 1.67. The van der Waals surface area contributed by atoms with Crippen LogP contribution in [0.5, 0.6) is 0 Å². The van der Waals surface area contributed by atoms with Crippen molar-refractivity contribution >= 4 is 34.3 Å². The van der Waals surface area contributed by atoms with Crippen LogP contribution in [0.25, 0.3) is 22.3 Å². The van der Waals surface area contributed by atoms with Crippen molar-refractivity contribution in [3.8, 4) is 11.4 Å². The Kier molecular flexibility index (Phi) is 5.26. The highest BCUT2D eigenvalue weighted by atomic mass is 35.5. The Bertz CT molecular complexity index is 1280. The topological polar surface area (TPSA) is 56.7 Å². The van der Waals surface area contributed by atoms with Gasteiger partial charge in [0.2, 0.25) is 0 Å². The number of rotatable bonds is 6. The van der Waals surface area contributed by atoms with Gasteiger partial charge in [-0.25, -0.2) is 0 Å². The zero-order valence-corrected chi connectivity index (χ0v) is 17.5. The molecule has 2 aromatic carbocycles. The molecule has 0 atom stereocenters. The molecule has 0 unspecified atom stereocenters. The molecule has 0 saturated carbocycles. The van der Waals surface area contributed by atoms with E-state index in [-0.39, 0.29) is 0 Å². The monoisotopic (exact) mass is 432 g/mol. The van der Waals surface area contributed by atoms with E-state index in [2.05, 4.69) is 33.0 Å². The summed E-state index contributed by atoms with van der Waals surface area (Å²) in [5, 5.41) is 11.5. The Balaban J connectivity index is 1.45. The molecule has 3 aromatic heterocycles. The van der Waals surface area contributed by atoms with E-state index in [0.717, 1.165) is 38.9 Å². The number of thioether (sulfide) groups is 1. The molecule has 5 aromatic rings. The zero-order chi connectivity index (χ0) is 20.3. The van der Waals surface area contributed by atoms with Gasteiger partial charge in [-0.2, -0.15) is 0 Å². The van der Waals surface area contributed by atoms with Crippen LogP contribution in [0.4, 0.5) is 0 Å². The first-order valence-electron chi connectivity index (χ1n) is 9.45. The number of aromatic nitrogens is 4. The third-order valence-corrected chi connectivity index (χ3v) is 5.97. The lowest BCUT2D eigenvalue weighted by Gasteiger charge is -2.09. The Morgan fingerprint density at radius 1 is 0.900 bits per heavy atom. The van der Waals surface area contributed by atoms with E-state index in [1.54, 1.807) is 18.0 Å². The summed E-state index contributed by atoms with van der Waals surface area (Å²) in [5.41, 5.74) is 2.95. The van der Waals surface area contributed by atoms with Gasteiger partial charge in [0.25, 0.3) is 0 Å². The van der Waals surface area contributed by atoms with Gasteiger partial charge in [0.05, 0.1) is 24.0 Å². The normalized spacial score (nSPS) is 11.2. The van der Waals surface area contributed by atoms with Gasteiger partial charge in [-0.05, 0) is 48.5 Å². The van der Waals surface area contributed by atoms with Crippen molar-refractivity contribution < 1.29 is 4.42 Å². The number of halogens is 1. The summed E-state index contributed by atoms with van der Waals surface area (Å²) < 4.78 is 7.63. The summed E-state index contributed by atoms with van der Waals surface area (Å²) in [5.74, 6) is 2.31. The Labute approximate surface area is 182 Å². The van der Waals surface area contributed by atoms with E-state index >= 15 is 0 Å². The molecule has 0 aliphatic heterocycles. The van der Waals surface area contributed by atoms with Crippen molar-refractivity contribution in [2.75, 3.05) is 0 Å². The maximum absolute atomic E-state index is 6.05. The van der Waals surface area contributed by atoms with Gasteiger partial charge in [-0.1, -0.05) is 47.6 Å². The lowest BCUT2D eigenvalue weighted by Crippen LogP contribution is -2.03. The summed E-state index contributed by atoms with van der Waals surface area (Å²) >= 11 is 7.66. The van der Waals surface area contributed by atoms with E-state index in [4.69, 9.17) is 21.0 Å². The van der Waals surface area contributed by atoms with E-state index in [0.29, 0.717) is 17.3 Å². The highest BCUT2D eigenvalue weighted by Crippen LogP contribution is 2.28. The number of fused-ring (bicyclic) bond motifs is 1. The first kappa shape index (κ1) is 18.9. The van der Waals surface area contributed by atoms with Crippen LogP contribution in [0.3, 0.4) is 0 Å². The highest BCUT2D eigenvalue weighted by molar-refractivity contribution is 7.98. The maximum Gasteiger partial charge on any atom is 0.192 e. The van der Waals surface area contributed by atoms with Crippen LogP contribution in [-0.4, -0.2) is 19.7 Å². The number of hydrogen-bond donors (Lipinski definition) is 0. The third kappa shape index (κ3) is 3.97. The molecule has 0 saturated heterocycles. The Hall–Kier alpha value is -3.09. The summed E-state index contributed by atoms with van der Waals surface area (Å²) in [4.78, 5) is 4.76. The molecule has 0 radical (unpaired) electrons. The molecule has 0 aliphatic rings. The van der Waals surface area contributed by atoms with Gasteiger partial charge < -0.3 is 4.42 Å². The van der Waals surface area contributed by atoms with Crippen molar-refractivity contribution in [2.45, 2.75) is 17.5 Å². The van der Waals surface area contributed by atoms with Crippen LogP contribution < -0.4 is 0 Å². The largest absolute Gasteiger partial charge is 0.467 e. The highest BCUT2D eigenvalue weighted by Gasteiger charge is 2.16. The molecule has 7 heteroatoms. The standard InChI is InChI=1S/C23H17ClN4OS/c24-18-10-7-17(8-11-18)22-26-27-23(28(22)14-20-5-3-13-29-20)30-15-19-12-9-16-4-1-2-6-21(16)25-19/h1-13H,14-15H2. The Morgan fingerprint density at radius 3 is 2.60 bits per heavy atom. The molecule has 0 fully saturated rings. The van der Waals surface area contributed by atoms with E-state index in [1.165, 1.54) is 0 Å². The number of benzene rings is 2. The fraction of sp³-hybridized carbons (Fsp3) is 0.0870. The van der Waals surface area contributed by atoms with E-state index in [9.17, 15) is 0 Å². The molecule has 0 N–H and O–H groups in total. The second-order valence-corrected chi connectivity index (χ2v) is 8.14. The minimum absolute atomic E-state index is 0.547. The fourth-order valence-electron chi connectivity index (χ4n) is 3.24. The molecule has 5 rings (SSSR count). The van der Waals surface area contributed by atoms with Crippen molar-refractivity contribution in [1.82, 2.24) is 19.7 Å². The lowest BCUT2D eigenvalue weighted by molar-refractivity contribution is 0.485. The molecule has 148 valence electrons. The zero-order valence-electron chi connectivity index (χ0n) is 15.9. The van der Waals surface area contributed by atoms with E-state index < -0.39 is 0 Å². The van der Waals surface area contributed by atoms with Crippen molar-refractivity contribution in [2.24, 2.45) is 0 Å². The average molecular weight is 433 g/mol. The molecular formula is C23H17ClN4OS. The molecular weight excluding hydrogens is 416 g/mol. The number of pyridine rings is 1. The Morgan fingerprint density at radius 2 is 1.77 bits per heavy atom. The first-order valence-corrected chi connectivity index (χ1v) is 10.8. The summed E-state index contributed by atoms with van der Waals surface area (Å²) in [6.45, 7) is 0.547. The minimum atomic E-state index is 0.547. The van der Waals surface area contributed by atoms with Gasteiger partial charge >= 0.3 is 0 Å². The van der Waals surface area contributed by atoms with Crippen molar-refractivity contribution in [3.63, 3.8) is 0 Å². The number of hydrogen-bond acceptors (Lipinski definition) is 5. The number of para-hydroxylation sites is 1.